The van der Waals surface area contributed by atoms with Crippen molar-refractivity contribution in [3.8, 4) is 11.8 Å². The Kier molecular flexibility index (Phi) is 6.67. The van der Waals surface area contributed by atoms with Gasteiger partial charge in [0.25, 0.3) is 0 Å². The maximum Gasteiger partial charge on any atom is 0.174 e. The summed E-state index contributed by atoms with van der Waals surface area (Å²) in [6.07, 6.45) is 0.488. The molecule has 1 aromatic rings. The summed E-state index contributed by atoms with van der Waals surface area (Å²) in [5, 5.41) is 21.5. The highest BCUT2D eigenvalue weighted by molar-refractivity contribution is 5.29. The molecule has 4 heteroatoms. The van der Waals surface area contributed by atoms with Crippen LogP contribution in [0, 0.1) is 16.7 Å². The third-order valence-electron chi connectivity index (χ3n) is 3.42. The summed E-state index contributed by atoms with van der Waals surface area (Å²) in [6, 6.07) is 9.95. The third kappa shape index (κ3) is 6.61. The molecule has 0 aliphatic rings. The minimum atomic E-state index is -0.284. The number of aliphatic hydroxyl groups excluding tert-OH is 1. The maximum absolute atomic E-state index is 9.51. The molecule has 0 amide bonds. The van der Waals surface area contributed by atoms with Crippen LogP contribution in [-0.4, -0.2) is 24.4 Å². The van der Waals surface area contributed by atoms with Gasteiger partial charge in [-0.3, -0.25) is 0 Å². The van der Waals surface area contributed by atoms with Gasteiger partial charge in [-0.2, -0.15) is 5.26 Å². The summed E-state index contributed by atoms with van der Waals surface area (Å²) in [4.78, 5) is 0. The van der Waals surface area contributed by atoms with Gasteiger partial charge < -0.3 is 15.2 Å². The highest BCUT2D eigenvalue weighted by Crippen LogP contribution is 2.23. The second kappa shape index (κ2) is 8.02. The van der Waals surface area contributed by atoms with Crippen molar-refractivity contribution < 1.29 is 9.84 Å². The molecule has 1 aromatic carbocycles. The fraction of sp³-hybridized carbons (Fsp3) is 0.588. The minimum Gasteiger partial charge on any atom is -0.479 e. The van der Waals surface area contributed by atoms with Crippen LogP contribution in [0.3, 0.4) is 0 Å². The number of rotatable bonds is 8. The lowest BCUT2D eigenvalue weighted by atomic mass is 9.86. The average Bonchev–Trinajstić information content (AvgIpc) is 2.42. The SMILES string of the molecule is CC(O)CC(C)(C)CNC(C)c1ccc(OCC#N)cc1. The van der Waals surface area contributed by atoms with E-state index in [4.69, 9.17) is 10.00 Å². The first-order chi connectivity index (χ1) is 9.84. The van der Waals surface area contributed by atoms with Crippen molar-refractivity contribution in [3.05, 3.63) is 29.8 Å². The van der Waals surface area contributed by atoms with Gasteiger partial charge in [0.05, 0.1) is 6.10 Å². The molecule has 0 saturated heterocycles. The molecular weight excluding hydrogens is 264 g/mol. The first kappa shape index (κ1) is 17.5. The average molecular weight is 290 g/mol. The van der Waals surface area contributed by atoms with Crippen molar-refractivity contribution in [3.63, 3.8) is 0 Å². The Morgan fingerprint density at radius 3 is 2.43 bits per heavy atom. The molecule has 0 aliphatic heterocycles. The van der Waals surface area contributed by atoms with Crippen LogP contribution in [-0.2, 0) is 0 Å². The first-order valence-electron chi connectivity index (χ1n) is 7.35. The van der Waals surface area contributed by atoms with E-state index in [2.05, 4.69) is 26.1 Å². The van der Waals surface area contributed by atoms with E-state index >= 15 is 0 Å². The number of hydrogen-bond acceptors (Lipinski definition) is 4. The number of aliphatic hydroxyl groups is 1. The van der Waals surface area contributed by atoms with Crippen molar-refractivity contribution in [2.75, 3.05) is 13.2 Å². The zero-order valence-electron chi connectivity index (χ0n) is 13.4. The number of hydrogen-bond donors (Lipinski definition) is 2. The summed E-state index contributed by atoms with van der Waals surface area (Å²) < 4.78 is 5.24. The predicted octanol–water partition coefficient (Wildman–Crippen LogP) is 3.04. The van der Waals surface area contributed by atoms with Crippen molar-refractivity contribution in [1.29, 1.82) is 5.26 Å². The molecule has 0 aromatic heterocycles. The Labute approximate surface area is 127 Å². The lowest BCUT2D eigenvalue weighted by Crippen LogP contribution is -2.33. The number of benzene rings is 1. The van der Waals surface area contributed by atoms with Crippen LogP contribution in [0.2, 0.25) is 0 Å². The van der Waals surface area contributed by atoms with Crippen LogP contribution in [0.15, 0.2) is 24.3 Å². The maximum atomic E-state index is 9.51. The standard InChI is InChI=1S/C17H26N2O2/c1-13(20)11-17(3,4)12-19-14(2)15-5-7-16(8-6-15)21-10-9-18/h5-8,13-14,19-20H,10-12H2,1-4H3. The van der Waals surface area contributed by atoms with E-state index in [0.717, 1.165) is 13.0 Å². The number of nitrogens with zero attached hydrogens (tertiary/aromatic N) is 1. The molecule has 0 spiro atoms. The largest absolute Gasteiger partial charge is 0.479 e. The van der Waals surface area contributed by atoms with Gasteiger partial charge in [-0.1, -0.05) is 26.0 Å². The monoisotopic (exact) mass is 290 g/mol. The predicted molar refractivity (Wildman–Crippen MR) is 84.0 cm³/mol. The lowest BCUT2D eigenvalue weighted by molar-refractivity contribution is 0.127. The van der Waals surface area contributed by atoms with Crippen molar-refractivity contribution in [2.24, 2.45) is 5.41 Å². The van der Waals surface area contributed by atoms with E-state index in [0.29, 0.717) is 5.75 Å². The summed E-state index contributed by atoms with van der Waals surface area (Å²) in [6.45, 7) is 9.15. The van der Waals surface area contributed by atoms with E-state index in [-0.39, 0.29) is 24.2 Å². The molecule has 1 rings (SSSR count). The van der Waals surface area contributed by atoms with Crippen LogP contribution >= 0.6 is 0 Å². The molecule has 2 atom stereocenters. The van der Waals surface area contributed by atoms with Gasteiger partial charge in [-0.05, 0) is 43.4 Å². The van der Waals surface area contributed by atoms with Gasteiger partial charge in [-0.25, -0.2) is 0 Å². The summed E-state index contributed by atoms with van der Waals surface area (Å²) in [5.74, 6) is 0.710. The topological polar surface area (TPSA) is 65.3 Å². The summed E-state index contributed by atoms with van der Waals surface area (Å²) in [5.41, 5.74) is 1.23. The van der Waals surface area contributed by atoms with Crippen LogP contribution in [0.1, 0.15) is 45.7 Å². The number of nitrogens with one attached hydrogen (secondary N) is 1. The van der Waals surface area contributed by atoms with Gasteiger partial charge in [0, 0.05) is 12.6 Å². The molecule has 0 saturated carbocycles. The molecule has 2 N–H and O–H groups in total. The summed E-state index contributed by atoms with van der Waals surface area (Å²) >= 11 is 0. The fourth-order valence-corrected chi connectivity index (χ4v) is 2.39. The molecule has 4 nitrogen and oxygen atoms in total. The third-order valence-corrected chi connectivity index (χ3v) is 3.42. The molecule has 0 heterocycles. The lowest BCUT2D eigenvalue weighted by Gasteiger charge is -2.28. The Hall–Kier alpha value is -1.57. The van der Waals surface area contributed by atoms with E-state index in [1.807, 2.05) is 37.3 Å². The zero-order valence-corrected chi connectivity index (χ0v) is 13.4. The van der Waals surface area contributed by atoms with Crippen molar-refractivity contribution in [2.45, 2.75) is 46.3 Å². The highest BCUT2D eigenvalue weighted by Gasteiger charge is 2.21. The highest BCUT2D eigenvalue weighted by atomic mass is 16.5. The van der Waals surface area contributed by atoms with E-state index in [9.17, 15) is 5.11 Å². The molecule has 0 bridgehead atoms. The fourth-order valence-electron chi connectivity index (χ4n) is 2.39. The smallest absolute Gasteiger partial charge is 0.174 e. The van der Waals surface area contributed by atoms with Crippen LogP contribution in [0.4, 0.5) is 0 Å². The Bertz CT molecular complexity index is 461. The zero-order chi connectivity index (χ0) is 15.9. The van der Waals surface area contributed by atoms with E-state index < -0.39 is 0 Å². The second-order valence-electron chi connectivity index (χ2n) is 6.34. The van der Waals surface area contributed by atoms with E-state index in [1.54, 1.807) is 0 Å². The Balaban J connectivity index is 2.52. The van der Waals surface area contributed by atoms with Gasteiger partial charge >= 0.3 is 0 Å². The van der Waals surface area contributed by atoms with Gasteiger partial charge in [0.15, 0.2) is 6.61 Å². The molecule has 0 radical (unpaired) electrons. The van der Waals surface area contributed by atoms with Crippen LogP contribution in [0.25, 0.3) is 0 Å². The molecule has 21 heavy (non-hydrogen) atoms. The second-order valence-corrected chi connectivity index (χ2v) is 6.34. The number of nitriles is 1. The van der Waals surface area contributed by atoms with Crippen molar-refractivity contribution >= 4 is 0 Å². The van der Waals surface area contributed by atoms with Crippen LogP contribution in [0.5, 0.6) is 5.75 Å². The normalized spacial score (nSPS) is 14.3. The molecule has 2 unspecified atom stereocenters. The molecule has 0 fully saturated rings. The van der Waals surface area contributed by atoms with Gasteiger partial charge in [0.1, 0.15) is 11.8 Å². The quantitative estimate of drug-likeness (QED) is 0.772. The number of ether oxygens (including phenoxy) is 1. The minimum absolute atomic E-state index is 0.0538. The van der Waals surface area contributed by atoms with Crippen LogP contribution < -0.4 is 10.1 Å². The van der Waals surface area contributed by atoms with Gasteiger partial charge in [0.2, 0.25) is 0 Å². The van der Waals surface area contributed by atoms with E-state index in [1.165, 1.54) is 5.56 Å². The molecular formula is C17H26N2O2. The molecule has 116 valence electrons. The Morgan fingerprint density at radius 1 is 1.29 bits per heavy atom. The van der Waals surface area contributed by atoms with Crippen molar-refractivity contribution in [1.82, 2.24) is 5.32 Å². The van der Waals surface area contributed by atoms with Gasteiger partial charge in [-0.15, -0.1) is 0 Å². The summed E-state index contributed by atoms with van der Waals surface area (Å²) in [7, 11) is 0. The molecule has 0 aliphatic carbocycles. The first-order valence-corrected chi connectivity index (χ1v) is 7.35. The Morgan fingerprint density at radius 2 is 1.90 bits per heavy atom.